The molecule has 0 radical (unpaired) electrons. The van der Waals surface area contributed by atoms with Crippen LogP contribution in [0.25, 0.3) is 0 Å². The molecule has 1 amide bonds. The Labute approximate surface area is 86.8 Å². The molecule has 1 N–H and O–H groups in total. The molecule has 0 bridgehead atoms. The van der Waals surface area contributed by atoms with Gasteiger partial charge in [0.05, 0.1) is 6.54 Å². The number of nitrogens with zero attached hydrogens (tertiary/aromatic N) is 3. The molecule has 2 rings (SSSR count). The molecule has 0 unspecified atom stereocenters. The maximum atomic E-state index is 10.2. The van der Waals surface area contributed by atoms with Crippen molar-refractivity contribution in [2.75, 3.05) is 5.32 Å². The van der Waals surface area contributed by atoms with E-state index in [9.17, 15) is 4.79 Å². The third kappa shape index (κ3) is 2.40. The van der Waals surface area contributed by atoms with Crippen LogP contribution in [0.5, 0.6) is 0 Å². The summed E-state index contributed by atoms with van der Waals surface area (Å²) in [5.74, 6) is 0. The Kier molecular flexibility index (Phi) is 2.73. The molecule has 1 heterocycles. The van der Waals surface area contributed by atoms with E-state index in [0.29, 0.717) is 13.0 Å². The van der Waals surface area contributed by atoms with Gasteiger partial charge in [-0.25, -0.2) is 9.67 Å². The van der Waals surface area contributed by atoms with E-state index >= 15 is 0 Å². The zero-order valence-electron chi connectivity index (χ0n) is 8.00. The Hall–Kier alpha value is -2.17. The third-order valence-electron chi connectivity index (χ3n) is 1.99. The number of benzene rings is 1. The summed E-state index contributed by atoms with van der Waals surface area (Å²) in [6.45, 7) is 0.682. The number of amides is 1. The summed E-state index contributed by atoms with van der Waals surface area (Å²) < 4.78 is 1.74. The van der Waals surface area contributed by atoms with Gasteiger partial charge in [0.2, 0.25) is 6.41 Å². The fraction of sp³-hybridized carbons (Fsp3) is 0.100. The van der Waals surface area contributed by atoms with Crippen molar-refractivity contribution >= 4 is 12.1 Å². The lowest BCUT2D eigenvalue weighted by atomic mass is 10.2. The van der Waals surface area contributed by atoms with Crippen molar-refractivity contribution in [1.82, 2.24) is 14.8 Å². The SMILES string of the molecule is O=CNc1ccc(Cn2cncn2)cc1. The van der Waals surface area contributed by atoms with Crippen molar-refractivity contribution in [3.8, 4) is 0 Å². The number of aromatic nitrogens is 3. The van der Waals surface area contributed by atoms with Crippen molar-refractivity contribution in [3.63, 3.8) is 0 Å². The number of carbonyl (C=O) groups excluding carboxylic acids is 1. The van der Waals surface area contributed by atoms with Crippen LogP contribution in [-0.4, -0.2) is 21.2 Å². The normalized spacial score (nSPS) is 9.87. The van der Waals surface area contributed by atoms with E-state index in [0.717, 1.165) is 11.3 Å². The van der Waals surface area contributed by atoms with Gasteiger partial charge in [0.1, 0.15) is 12.7 Å². The number of rotatable bonds is 4. The molecule has 1 aromatic carbocycles. The molecule has 0 fully saturated rings. The van der Waals surface area contributed by atoms with Gasteiger partial charge in [0.15, 0.2) is 0 Å². The van der Waals surface area contributed by atoms with Crippen LogP contribution >= 0.6 is 0 Å². The van der Waals surface area contributed by atoms with Gasteiger partial charge in [-0.05, 0) is 17.7 Å². The van der Waals surface area contributed by atoms with E-state index in [4.69, 9.17) is 0 Å². The van der Waals surface area contributed by atoms with Gasteiger partial charge in [-0.1, -0.05) is 12.1 Å². The van der Waals surface area contributed by atoms with Crippen LogP contribution in [0.1, 0.15) is 5.56 Å². The minimum atomic E-state index is 0.659. The third-order valence-corrected chi connectivity index (χ3v) is 1.99. The summed E-state index contributed by atoms with van der Waals surface area (Å²) >= 11 is 0. The van der Waals surface area contributed by atoms with Gasteiger partial charge in [0, 0.05) is 5.69 Å². The minimum absolute atomic E-state index is 0.659. The van der Waals surface area contributed by atoms with Gasteiger partial charge in [-0.15, -0.1) is 0 Å². The first-order chi connectivity index (χ1) is 7.38. The van der Waals surface area contributed by atoms with E-state index in [2.05, 4.69) is 15.4 Å². The van der Waals surface area contributed by atoms with Crippen LogP contribution < -0.4 is 5.32 Å². The Bertz CT molecular complexity index is 421. The first kappa shape index (κ1) is 9.39. The molecule has 0 aliphatic carbocycles. The van der Waals surface area contributed by atoms with E-state index in [1.54, 1.807) is 11.0 Å². The smallest absolute Gasteiger partial charge is 0.211 e. The number of hydrogen-bond acceptors (Lipinski definition) is 3. The molecule has 0 aliphatic rings. The standard InChI is InChI=1S/C10H10N4O/c15-8-12-10-3-1-9(2-4-10)5-14-7-11-6-13-14/h1-4,6-8H,5H2,(H,12,15). The summed E-state index contributed by atoms with van der Waals surface area (Å²) in [6.07, 6.45) is 3.83. The summed E-state index contributed by atoms with van der Waals surface area (Å²) in [5, 5.41) is 6.58. The van der Waals surface area contributed by atoms with Gasteiger partial charge < -0.3 is 5.32 Å². The Morgan fingerprint density at radius 2 is 2.13 bits per heavy atom. The molecule has 0 atom stereocenters. The second-order valence-corrected chi connectivity index (χ2v) is 3.05. The molecule has 0 aliphatic heterocycles. The van der Waals surface area contributed by atoms with Crippen molar-refractivity contribution in [1.29, 1.82) is 0 Å². The Morgan fingerprint density at radius 3 is 2.73 bits per heavy atom. The highest BCUT2D eigenvalue weighted by Gasteiger charge is 1.95. The molecule has 0 spiro atoms. The maximum absolute atomic E-state index is 10.2. The molecule has 5 nitrogen and oxygen atoms in total. The number of carbonyl (C=O) groups is 1. The highest BCUT2D eigenvalue weighted by molar-refractivity contribution is 5.70. The lowest BCUT2D eigenvalue weighted by Gasteiger charge is -2.02. The molecule has 2 aromatic rings. The van der Waals surface area contributed by atoms with Crippen molar-refractivity contribution in [2.45, 2.75) is 6.54 Å². The predicted molar refractivity (Wildman–Crippen MR) is 55.3 cm³/mol. The van der Waals surface area contributed by atoms with Gasteiger partial charge in [0.25, 0.3) is 0 Å². The van der Waals surface area contributed by atoms with Crippen LogP contribution in [0.15, 0.2) is 36.9 Å². The van der Waals surface area contributed by atoms with Crippen molar-refractivity contribution < 1.29 is 4.79 Å². The molecule has 0 saturated heterocycles. The summed E-state index contributed by atoms with van der Waals surface area (Å²) in [7, 11) is 0. The highest BCUT2D eigenvalue weighted by atomic mass is 16.1. The topological polar surface area (TPSA) is 59.8 Å². The van der Waals surface area contributed by atoms with Crippen molar-refractivity contribution in [2.24, 2.45) is 0 Å². The van der Waals surface area contributed by atoms with Gasteiger partial charge in [-0.3, -0.25) is 4.79 Å². The summed E-state index contributed by atoms with van der Waals surface area (Å²) in [5.41, 5.74) is 1.89. The number of anilines is 1. The fourth-order valence-corrected chi connectivity index (χ4v) is 1.28. The second kappa shape index (κ2) is 4.36. The molecule has 15 heavy (non-hydrogen) atoms. The van der Waals surface area contributed by atoms with Crippen LogP contribution in [0, 0.1) is 0 Å². The first-order valence-corrected chi connectivity index (χ1v) is 4.50. The van der Waals surface area contributed by atoms with E-state index < -0.39 is 0 Å². The molecule has 0 saturated carbocycles. The molecular weight excluding hydrogens is 192 g/mol. The average Bonchev–Trinajstić information content (AvgIpc) is 2.74. The Balaban J connectivity index is 2.07. The fourth-order valence-electron chi connectivity index (χ4n) is 1.28. The monoisotopic (exact) mass is 202 g/mol. The second-order valence-electron chi connectivity index (χ2n) is 3.05. The maximum Gasteiger partial charge on any atom is 0.211 e. The van der Waals surface area contributed by atoms with E-state index in [-0.39, 0.29) is 0 Å². The van der Waals surface area contributed by atoms with Crippen molar-refractivity contribution in [3.05, 3.63) is 42.5 Å². The zero-order chi connectivity index (χ0) is 10.5. The summed E-state index contributed by atoms with van der Waals surface area (Å²) in [6, 6.07) is 7.57. The molecule has 1 aromatic heterocycles. The number of nitrogens with one attached hydrogen (secondary N) is 1. The highest BCUT2D eigenvalue weighted by Crippen LogP contribution is 2.09. The predicted octanol–water partition coefficient (Wildman–Crippen LogP) is 0.895. The largest absolute Gasteiger partial charge is 0.329 e. The van der Waals surface area contributed by atoms with Crippen LogP contribution in [0.2, 0.25) is 0 Å². The lowest BCUT2D eigenvalue weighted by molar-refractivity contribution is -0.105. The Morgan fingerprint density at radius 1 is 1.33 bits per heavy atom. The van der Waals surface area contributed by atoms with E-state index in [1.165, 1.54) is 6.33 Å². The lowest BCUT2D eigenvalue weighted by Crippen LogP contribution is -2.00. The quantitative estimate of drug-likeness (QED) is 0.749. The van der Waals surface area contributed by atoms with Gasteiger partial charge >= 0.3 is 0 Å². The summed E-state index contributed by atoms with van der Waals surface area (Å²) in [4.78, 5) is 14.0. The van der Waals surface area contributed by atoms with Gasteiger partial charge in [-0.2, -0.15) is 5.10 Å². The molecule has 76 valence electrons. The molecular formula is C10H10N4O. The number of hydrogen-bond donors (Lipinski definition) is 1. The van der Waals surface area contributed by atoms with Crippen LogP contribution in [0.3, 0.4) is 0 Å². The minimum Gasteiger partial charge on any atom is -0.329 e. The first-order valence-electron chi connectivity index (χ1n) is 4.50. The zero-order valence-corrected chi connectivity index (χ0v) is 8.00. The van der Waals surface area contributed by atoms with E-state index in [1.807, 2.05) is 24.3 Å². The molecule has 5 heteroatoms. The average molecular weight is 202 g/mol. The van der Waals surface area contributed by atoms with Crippen LogP contribution in [0.4, 0.5) is 5.69 Å². The van der Waals surface area contributed by atoms with Crippen LogP contribution in [-0.2, 0) is 11.3 Å².